The van der Waals surface area contributed by atoms with Gasteiger partial charge in [0.2, 0.25) is 5.91 Å². The van der Waals surface area contributed by atoms with Crippen molar-refractivity contribution in [3.05, 3.63) is 36.2 Å². The Morgan fingerprint density at radius 3 is 2.65 bits per heavy atom. The lowest BCUT2D eigenvalue weighted by molar-refractivity contribution is -0.117. The Hall–Kier alpha value is -2.50. The number of likely N-dealkylation sites (N-methyl/N-ethyl adjacent to an activating group) is 1. The molecule has 0 unspecified atom stereocenters. The molecular weight excluding hydrogens is 258 g/mol. The molecule has 0 saturated heterocycles. The highest BCUT2D eigenvalue weighted by atomic mass is 16.3. The summed E-state index contributed by atoms with van der Waals surface area (Å²) in [4.78, 5) is 13.9. The molecule has 0 aliphatic carbocycles. The molecule has 1 aromatic carbocycles. The van der Waals surface area contributed by atoms with E-state index in [0.717, 1.165) is 5.69 Å². The molecule has 1 amide bonds. The van der Waals surface area contributed by atoms with Crippen molar-refractivity contribution < 1.29 is 15.0 Å². The van der Waals surface area contributed by atoms with Crippen LogP contribution in [0.25, 0.3) is 0 Å². The van der Waals surface area contributed by atoms with Crippen molar-refractivity contribution in [3.8, 4) is 11.5 Å². The number of anilines is 1. The topological polar surface area (TPSA) is 78.6 Å². The average Bonchev–Trinajstić information content (AvgIpc) is 2.81. The van der Waals surface area contributed by atoms with Gasteiger partial charge in [-0.25, -0.2) is 0 Å². The van der Waals surface area contributed by atoms with Gasteiger partial charge in [0.15, 0.2) is 11.5 Å². The van der Waals surface area contributed by atoms with Crippen LogP contribution >= 0.6 is 0 Å². The van der Waals surface area contributed by atoms with Crippen LogP contribution in [0.2, 0.25) is 0 Å². The molecule has 1 aromatic heterocycles. The summed E-state index contributed by atoms with van der Waals surface area (Å²) >= 11 is 0. The van der Waals surface area contributed by atoms with E-state index >= 15 is 0 Å². The summed E-state index contributed by atoms with van der Waals surface area (Å²) in [6.45, 7) is 2.42. The molecule has 0 aliphatic rings. The van der Waals surface area contributed by atoms with Gasteiger partial charge in [0, 0.05) is 19.8 Å². The smallest absolute Gasteiger partial charge is 0.231 e. The molecule has 6 heteroatoms. The number of rotatable bonds is 4. The molecule has 0 atom stereocenters. The number of amides is 1. The standard InChI is InChI=1S/C14H17N3O3/c1-3-17(11-8-15-16(2)9-11)14(20)7-10-4-5-12(18)13(19)6-10/h4-6,8-9,18-19H,3,7H2,1-2H3. The van der Waals surface area contributed by atoms with E-state index in [9.17, 15) is 15.0 Å². The van der Waals surface area contributed by atoms with Gasteiger partial charge in [-0.05, 0) is 24.6 Å². The second-order valence-electron chi connectivity index (χ2n) is 4.51. The van der Waals surface area contributed by atoms with E-state index in [2.05, 4.69) is 5.10 Å². The minimum absolute atomic E-state index is 0.0920. The van der Waals surface area contributed by atoms with Crippen molar-refractivity contribution in [1.29, 1.82) is 0 Å². The van der Waals surface area contributed by atoms with Crippen LogP contribution in [0, 0.1) is 0 Å². The number of nitrogens with zero attached hydrogens (tertiary/aromatic N) is 3. The number of phenols is 2. The fraction of sp³-hybridized carbons (Fsp3) is 0.286. The molecule has 0 radical (unpaired) electrons. The van der Waals surface area contributed by atoms with Gasteiger partial charge < -0.3 is 15.1 Å². The molecule has 2 N–H and O–H groups in total. The number of carbonyl (C=O) groups is 1. The molecule has 6 nitrogen and oxygen atoms in total. The normalized spacial score (nSPS) is 10.5. The zero-order valence-corrected chi connectivity index (χ0v) is 11.4. The Labute approximate surface area is 116 Å². The summed E-state index contributed by atoms with van der Waals surface area (Å²) in [5.41, 5.74) is 1.38. The fourth-order valence-corrected chi connectivity index (χ4v) is 2.00. The van der Waals surface area contributed by atoms with Gasteiger partial charge in [0.05, 0.1) is 18.3 Å². The highest BCUT2D eigenvalue weighted by molar-refractivity contribution is 5.94. The Balaban J connectivity index is 2.15. The quantitative estimate of drug-likeness (QED) is 0.827. The first kappa shape index (κ1) is 13.9. The third-order valence-electron chi connectivity index (χ3n) is 3.02. The molecule has 20 heavy (non-hydrogen) atoms. The Morgan fingerprint density at radius 2 is 2.10 bits per heavy atom. The van der Waals surface area contributed by atoms with E-state index in [4.69, 9.17) is 0 Å². The first-order chi connectivity index (χ1) is 9.51. The molecule has 0 bridgehead atoms. The summed E-state index contributed by atoms with van der Waals surface area (Å²) in [5.74, 6) is -0.508. The van der Waals surface area contributed by atoms with Crippen molar-refractivity contribution in [3.63, 3.8) is 0 Å². The number of phenolic OH excluding ortho intramolecular Hbond substituents is 2. The van der Waals surface area contributed by atoms with Crippen molar-refractivity contribution in [2.45, 2.75) is 13.3 Å². The second-order valence-corrected chi connectivity index (χ2v) is 4.51. The summed E-state index contributed by atoms with van der Waals surface area (Å²) in [5, 5.41) is 22.7. The average molecular weight is 275 g/mol. The predicted octanol–water partition coefficient (Wildman–Crippen LogP) is 1.43. The van der Waals surface area contributed by atoms with Crippen LogP contribution in [0.3, 0.4) is 0 Å². The molecular formula is C14H17N3O3. The molecule has 0 aliphatic heterocycles. The fourth-order valence-electron chi connectivity index (χ4n) is 2.00. The Kier molecular flexibility index (Phi) is 3.93. The van der Waals surface area contributed by atoms with Crippen LogP contribution in [0.1, 0.15) is 12.5 Å². The molecule has 106 valence electrons. The highest BCUT2D eigenvalue weighted by Crippen LogP contribution is 2.25. The number of carbonyl (C=O) groups excluding carboxylic acids is 1. The molecule has 0 spiro atoms. The summed E-state index contributed by atoms with van der Waals surface area (Å²) in [6.07, 6.45) is 3.56. The van der Waals surface area contributed by atoms with Gasteiger partial charge in [-0.1, -0.05) is 6.07 Å². The van der Waals surface area contributed by atoms with Gasteiger partial charge in [-0.2, -0.15) is 5.10 Å². The maximum atomic E-state index is 12.3. The SMILES string of the molecule is CCN(C(=O)Cc1ccc(O)c(O)c1)c1cnn(C)c1. The molecule has 1 heterocycles. The molecule has 0 fully saturated rings. The van der Waals surface area contributed by atoms with Crippen LogP contribution < -0.4 is 4.90 Å². The zero-order chi connectivity index (χ0) is 14.7. The highest BCUT2D eigenvalue weighted by Gasteiger charge is 2.16. The van der Waals surface area contributed by atoms with Gasteiger partial charge in [-0.15, -0.1) is 0 Å². The minimum atomic E-state index is -0.222. The van der Waals surface area contributed by atoms with Crippen molar-refractivity contribution in [2.75, 3.05) is 11.4 Å². The lowest BCUT2D eigenvalue weighted by Crippen LogP contribution is -2.31. The third-order valence-corrected chi connectivity index (χ3v) is 3.02. The second kappa shape index (κ2) is 5.64. The number of hydrogen-bond donors (Lipinski definition) is 2. The first-order valence-corrected chi connectivity index (χ1v) is 6.31. The summed E-state index contributed by atoms with van der Waals surface area (Å²) in [6, 6.07) is 4.38. The van der Waals surface area contributed by atoms with E-state index in [1.807, 2.05) is 6.92 Å². The Morgan fingerprint density at radius 1 is 1.35 bits per heavy atom. The van der Waals surface area contributed by atoms with Gasteiger partial charge >= 0.3 is 0 Å². The largest absolute Gasteiger partial charge is 0.504 e. The minimum Gasteiger partial charge on any atom is -0.504 e. The van der Waals surface area contributed by atoms with Crippen LogP contribution in [-0.4, -0.2) is 32.4 Å². The van der Waals surface area contributed by atoms with E-state index in [1.54, 1.807) is 35.1 Å². The van der Waals surface area contributed by atoms with Gasteiger partial charge in [0.25, 0.3) is 0 Å². The van der Waals surface area contributed by atoms with E-state index in [0.29, 0.717) is 12.1 Å². The number of aryl methyl sites for hydroxylation is 1. The van der Waals surface area contributed by atoms with Gasteiger partial charge in [-0.3, -0.25) is 9.48 Å². The number of benzene rings is 1. The van der Waals surface area contributed by atoms with Crippen LogP contribution in [0.5, 0.6) is 11.5 Å². The predicted molar refractivity (Wildman–Crippen MR) is 74.7 cm³/mol. The van der Waals surface area contributed by atoms with Crippen LogP contribution in [0.15, 0.2) is 30.6 Å². The first-order valence-electron chi connectivity index (χ1n) is 6.31. The van der Waals surface area contributed by atoms with Crippen LogP contribution in [-0.2, 0) is 18.3 Å². The van der Waals surface area contributed by atoms with Crippen LogP contribution in [0.4, 0.5) is 5.69 Å². The third kappa shape index (κ3) is 2.90. The molecule has 2 aromatic rings. The van der Waals surface area contributed by atoms with E-state index < -0.39 is 0 Å². The lowest BCUT2D eigenvalue weighted by Gasteiger charge is -2.19. The van der Waals surface area contributed by atoms with Crippen molar-refractivity contribution >= 4 is 11.6 Å². The number of aromatic nitrogens is 2. The molecule has 0 saturated carbocycles. The van der Waals surface area contributed by atoms with Crippen molar-refractivity contribution in [1.82, 2.24) is 9.78 Å². The number of hydrogen-bond acceptors (Lipinski definition) is 4. The molecule has 2 rings (SSSR count). The number of aromatic hydroxyl groups is 2. The summed E-state index contributed by atoms with van der Waals surface area (Å²) in [7, 11) is 1.79. The Bertz CT molecular complexity index is 622. The summed E-state index contributed by atoms with van der Waals surface area (Å²) < 4.78 is 1.64. The maximum absolute atomic E-state index is 12.3. The van der Waals surface area contributed by atoms with E-state index in [1.165, 1.54) is 12.1 Å². The maximum Gasteiger partial charge on any atom is 0.231 e. The van der Waals surface area contributed by atoms with E-state index in [-0.39, 0.29) is 23.8 Å². The monoisotopic (exact) mass is 275 g/mol. The lowest BCUT2D eigenvalue weighted by atomic mass is 10.1. The van der Waals surface area contributed by atoms with Crippen molar-refractivity contribution in [2.24, 2.45) is 7.05 Å². The van der Waals surface area contributed by atoms with Gasteiger partial charge in [0.1, 0.15) is 0 Å². The zero-order valence-electron chi connectivity index (χ0n) is 11.4.